The Morgan fingerprint density at radius 2 is 2.00 bits per heavy atom. The van der Waals surface area contributed by atoms with E-state index in [2.05, 4.69) is 13.8 Å². The van der Waals surface area contributed by atoms with Gasteiger partial charge in [0.25, 0.3) is 0 Å². The molecule has 19 heavy (non-hydrogen) atoms. The van der Waals surface area contributed by atoms with E-state index >= 15 is 0 Å². The minimum atomic E-state index is -0.000439. The van der Waals surface area contributed by atoms with E-state index in [1.165, 1.54) is 6.42 Å². The lowest BCUT2D eigenvalue weighted by Gasteiger charge is -2.32. The number of carbonyl (C=O) groups excluding carboxylic acids is 1. The molecule has 104 valence electrons. The number of carbonyl (C=O) groups is 1. The summed E-state index contributed by atoms with van der Waals surface area (Å²) in [5.74, 6) is 2.11. The lowest BCUT2D eigenvalue weighted by atomic mass is 9.80. The van der Waals surface area contributed by atoms with Gasteiger partial charge in [-0.2, -0.15) is 0 Å². The standard InChI is InChI=1S/C16H23NO2/c1-10-4-6-14(8-11(10)2)19-16-7-5-13(17)9-15(16)12(3)18/h5,7,9-11,14H,4,6,8,17H2,1-3H3. The molecule has 1 aliphatic rings. The van der Waals surface area contributed by atoms with Crippen LogP contribution < -0.4 is 10.5 Å². The molecule has 1 saturated carbocycles. The van der Waals surface area contributed by atoms with E-state index in [-0.39, 0.29) is 11.9 Å². The molecule has 0 saturated heterocycles. The SMILES string of the molecule is CC(=O)c1cc(N)ccc1OC1CCC(C)C(C)C1. The van der Waals surface area contributed by atoms with Crippen LogP contribution in [0.25, 0.3) is 0 Å². The van der Waals surface area contributed by atoms with Crippen LogP contribution in [0.3, 0.4) is 0 Å². The van der Waals surface area contributed by atoms with E-state index in [0.717, 1.165) is 18.8 Å². The lowest BCUT2D eigenvalue weighted by molar-refractivity contribution is 0.0939. The van der Waals surface area contributed by atoms with Crippen molar-refractivity contribution in [2.24, 2.45) is 11.8 Å². The van der Waals surface area contributed by atoms with Gasteiger partial charge in [-0.15, -0.1) is 0 Å². The Morgan fingerprint density at radius 1 is 1.26 bits per heavy atom. The first-order chi connectivity index (χ1) is 8.97. The third-order valence-electron chi connectivity index (χ3n) is 4.23. The summed E-state index contributed by atoms with van der Waals surface area (Å²) in [7, 11) is 0. The van der Waals surface area contributed by atoms with E-state index in [4.69, 9.17) is 10.5 Å². The van der Waals surface area contributed by atoms with Gasteiger partial charge in [-0.3, -0.25) is 4.79 Å². The van der Waals surface area contributed by atoms with Crippen molar-refractivity contribution in [1.82, 2.24) is 0 Å². The molecule has 3 nitrogen and oxygen atoms in total. The van der Waals surface area contributed by atoms with Gasteiger partial charge in [-0.05, 0) is 56.2 Å². The first kappa shape index (κ1) is 13.9. The second-order valence-electron chi connectivity index (χ2n) is 5.82. The van der Waals surface area contributed by atoms with Crippen LogP contribution >= 0.6 is 0 Å². The molecular formula is C16H23NO2. The number of hydrogen-bond acceptors (Lipinski definition) is 3. The maximum Gasteiger partial charge on any atom is 0.163 e. The third-order valence-corrected chi connectivity index (χ3v) is 4.23. The summed E-state index contributed by atoms with van der Waals surface area (Å²) in [4.78, 5) is 11.6. The summed E-state index contributed by atoms with van der Waals surface area (Å²) in [5.41, 5.74) is 6.92. The zero-order valence-electron chi connectivity index (χ0n) is 12.0. The quantitative estimate of drug-likeness (QED) is 0.667. The van der Waals surface area contributed by atoms with Crippen LogP contribution in [-0.2, 0) is 0 Å². The molecule has 0 bridgehead atoms. The van der Waals surface area contributed by atoms with Crippen molar-refractivity contribution in [2.45, 2.75) is 46.1 Å². The van der Waals surface area contributed by atoms with Gasteiger partial charge >= 0.3 is 0 Å². The summed E-state index contributed by atoms with van der Waals surface area (Å²) >= 11 is 0. The second-order valence-corrected chi connectivity index (χ2v) is 5.82. The average molecular weight is 261 g/mol. The highest BCUT2D eigenvalue weighted by Crippen LogP contribution is 2.33. The smallest absolute Gasteiger partial charge is 0.163 e. The van der Waals surface area contributed by atoms with Crippen LogP contribution in [0.2, 0.25) is 0 Å². The summed E-state index contributed by atoms with van der Waals surface area (Å²) in [6.07, 6.45) is 3.53. The highest BCUT2D eigenvalue weighted by atomic mass is 16.5. The van der Waals surface area contributed by atoms with E-state index < -0.39 is 0 Å². The molecule has 1 aliphatic carbocycles. The van der Waals surface area contributed by atoms with E-state index in [9.17, 15) is 4.79 Å². The normalized spacial score (nSPS) is 27.0. The zero-order chi connectivity index (χ0) is 14.0. The monoisotopic (exact) mass is 261 g/mol. The largest absolute Gasteiger partial charge is 0.490 e. The fourth-order valence-corrected chi connectivity index (χ4v) is 2.71. The van der Waals surface area contributed by atoms with Crippen molar-refractivity contribution >= 4 is 11.5 Å². The molecule has 2 N–H and O–H groups in total. The van der Waals surface area contributed by atoms with Crippen LogP contribution in [-0.4, -0.2) is 11.9 Å². The number of benzene rings is 1. The van der Waals surface area contributed by atoms with Crippen molar-refractivity contribution in [1.29, 1.82) is 0 Å². The number of hydrogen-bond donors (Lipinski definition) is 1. The van der Waals surface area contributed by atoms with Crippen molar-refractivity contribution in [3.05, 3.63) is 23.8 Å². The molecule has 3 unspecified atom stereocenters. The molecule has 3 heteroatoms. The van der Waals surface area contributed by atoms with E-state index in [1.807, 2.05) is 6.07 Å². The summed E-state index contributed by atoms with van der Waals surface area (Å²) < 4.78 is 6.05. The Hall–Kier alpha value is -1.51. The minimum absolute atomic E-state index is 0.000439. The number of ether oxygens (including phenoxy) is 1. The molecule has 3 atom stereocenters. The van der Waals surface area contributed by atoms with Crippen molar-refractivity contribution in [3.63, 3.8) is 0 Å². The minimum Gasteiger partial charge on any atom is -0.490 e. The molecule has 0 radical (unpaired) electrons. The maximum atomic E-state index is 11.6. The van der Waals surface area contributed by atoms with Gasteiger partial charge in [0.05, 0.1) is 11.7 Å². The van der Waals surface area contributed by atoms with E-state index in [1.54, 1.807) is 19.1 Å². The first-order valence-electron chi connectivity index (χ1n) is 7.04. The fourth-order valence-electron chi connectivity index (χ4n) is 2.71. The van der Waals surface area contributed by atoms with Gasteiger partial charge in [-0.25, -0.2) is 0 Å². The molecular weight excluding hydrogens is 238 g/mol. The van der Waals surface area contributed by atoms with Crippen LogP contribution in [0, 0.1) is 11.8 Å². The maximum absolute atomic E-state index is 11.6. The molecule has 2 rings (SSSR count). The molecule has 1 aromatic carbocycles. The van der Waals surface area contributed by atoms with Gasteiger partial charge in [0, 0.05) is 5.69 Å². The topological polar surface area (TPSA) is 52.3 Å². The number of anilines is 1. The Labute approximate surface area is 115 Å². The summed E-state index contributed by atoms with van der Waals surface area (Å²) in [6.45, 7) is 6.12. The molecule has 0 aliphatic heterocycles. The van der Waals surface area contributed by atoms with Crippen molar-refractivity contribution in [2.75, 3.05) is 5.73 Å². The summed E-state index contributed by atoms with van der Waals surface area (Å²) in [5, 5.41) is 0. The highest BCUT2D eigenvalue weighted by Gasteiger charge is 2.26. The third kappa shape index (κ3) is 3.28. The van der Waals surface area contributed by atoms with Gasteiger partial charge in [0.2, 0.25) is 0 Å². The van der Waals surface area contributed by atoms with Gasteiger partial charge < -0.3 is 10.5 Å². The van der Waals surface area contributed by atoms with Gasteiger partial charge in [0.15, 0.2) is 5.78 Å². The fraction of sp³-hybridized carbons (Fsp3) is 0.562. The van der Waals surface area contributed by atoms with Crippen LogP contribution in [0.4, 0.5) is 5.69 Å². The van der Waals surface area contributed by atoms with Gasteiger partial charge in [-0.1, -0.05) is 13.8 Å². The Bertz CT molecular complexity index is 470. The molecule has 0 aromatic heterocycles. The van der Waals surface area contributed by atoms with Gasteiger partial charge in [0.1, 0.15) is 5.75 Å². The first-order valence-corrected chi connectivity index (χ1v) is 7.04. The summed E-state index contributed by atoms with van der Waals surface area (Å²) in [6, 6.07) is 5.30. The van der Waals surface area contributed by atoms with Crippen LogP contribution in [0.1, 0.15) is 50.4 Å². The number of nitrogens with two attached hydrogens (primary N) is 1. The lowest BCUT2D eigenvalue weighted by Crippen LogP contribution is -2.29. The zero-order valence-corrected chi connectivity index (χ0v) is 12.0. The van der Waals surface area contributed by atoms with Crippen LogP contribution in [0.15, 0.2) is 18.2 Å². The number of Topliss-reactive ketones (excluding diaryl/α,β-unsaturated/α-hetero) is 1. The average Bonchev–Trinajstić information content (AvgIpc) is 2.36. The van der Waals surface area contributed by atoms with Crippen molar-refractivity contribution < 1.29 is 9.53 Å². The number of rotatable bonds is 3. The predicted molar refractivity (Wildman–Crippen MR) is 77.5 cm³/mol. The molecule has 1 fully saturated rings. The Morgan fingerprint density at radius 3 is 2.63 bits per heavy atom. The molecule has 0 heterocycles. The molecule has 1 aromatic rings. The number of ketones is 1. The molecule has 0 spiro atoms. The van der Waals surface area contributed by atoms with Crippen molar-refractivity contribution in [3.8, 4) is 5.75 Å². The number of nitrogen functional groups attached to an aromatic ring is 1. The highest BCUT2D eigenvalue weighted by molar-refractivity contribution is 5.97. The van der Waals surface area contributed by atoms with E-state index in [0.29, 0.717) is 22.9 Å². The predicted octanol–water partition coefficient (Wildman–Crippen LogP) is 3.67. The Balaban J connectivity index is 2.13. The van der Waals surface area contributed by atoms with Crippen LogP contribution in [0.5, 0.6) is 5.75 Å². The second kappa shape index (κ2) is 5.64. The molecule has 0 amide bonds. The Kier molecular flexibility index (Phi) is 4.13.